The van der Waals surface area contributed by atoms with E-state index in [1.807, 2.05) is 6.92 Å². The topological polar surface area (TPSA) is 103 Å². The molecule has 0 aliphatic rings. The van der Waals surface area contributed by atoms with Crippen LogP contribution in [0.4, 0.5) is 0 Å². The summed E-state index contributed by atoms with van der Waals surface area (Å²) in [6.45, 7) is 5.51. The Hall–Kier alpha value is -1.18. The van der Waals surface area contributed by atoms with Crippen molar-refractivity contribution in [2.24, 2.45) is 0 Å². The minimum absolute atomic E-state index is 0.836. The molecule has 0 aliphatic carbocycles. The maximum atomic E-state index is 8.74. The number of hydrogen-bond donors (Lipinski definition) is 3. The lowest BCUT2D eigenvalue weighted by Gasteiger charge is -1.77. The lowest BCUT2D eigenvalue weighted by molar-refractivity contribution is 0.381. The Labute approximate surface area is 75.9 Å². The summed E-state index contributed by atoms with van der Waals surface area (Å²) in [4.78, 5) is 6.96. The lowest BCUT2D eigenvalue weighted by atomic mass is 10.6. The summed E-state index contributed by atoms with van der Waals surface area (Å²) in [6, 6.07) is 0. The Morgan fingerprint density at radius 2 is 2.08 bits per heavy atom. The van der Waals surface area contributed by atoms with Crippen molar-refractivity contribution in [3.05, 3.63) is 24.3 Å². The molecule has 0 aromatic carbocycles. The highest BCUT2D eigenvalue weighted by molar-refractivity contribution is 7.79. The number of aromatic amines is 1. The molecule has 0 atom stereocenters. The molecule has 13 heavy (non-hydrogen) atoms. The van der Waals surface area contributed by atoms with E-state index in [1.165, 1.54) is 0 Å². The highest BCUT2D eigenvalue weighted by Gasteiger charge is 1.86. The first kappa shape index (κ1) is 11.8. The molecule has 0 unspecified atom stereocenters. The van der Waals surface area contributed by atoms with Crippen LogP contribution >= 0.6 is 0 Å². The molecule has 0 radical (unpaired) electrons. The molecule has 0 fully saturated rings. The predicted octanol–water partition coefficient (Wildman–Crippen LogP) is 0.708. The molecule has 0 spiro atoms. The highest BCUT2D eigenvalue weighted by atomic mass is 32.3. The standard InChI is InChI=1S/C6H8N2.H2O4S/c1-3-6-7-4-5(2)8-6;1-5(2,3)4/h3-4H,1H2,2H3,(H,7,8);(H2,1,2,3,4). The van der Waals surface area contributed by atoms with Crippen molar-refractivity contribution in [3.8, 4) is 0 Å². The Balaban J connectivity index is 0.000000252. The molecular weight excluding hydrogens is 196 g/mol. The van der Waals surface area contributed by atoms with E-state index in [4.69, 9.17) is 17.5 Å². The smallest absolute Gasteiger partial charge is 0.343 e. The normalized spacial score (nSPS) is 10.1. The van der Waals surface area contributed by atoms with E-state index in [2.05, 4.69) is 16.5 Å². The van der Waals surface area contributed by atoms with Crippen LogP contribution in [0.2, 0.25) is 0 Å². The Kier molecular flexibility index (Phi) is 4.32. The van der Waals surface area contributed by atoms with Gasteiger partial charge in [0, 0.05) is 11.9 Å². The summed E-state index contributed by atoms with van der Waals surface area (Å²) < 4.78 is 31.6. The second-order valence-electron chi connectivity index (χ2n) is 2.10. The summed E-state index contributed by atoms with van der Waals surface area (Å²) in [5.41, 5.74) is 1.07. The number of H-pyrrole nitrogens is 1. The van der Waals surface area contributed by atoms with E-state index in [1.54, 1.807) is 12.3 Å². The molecule has 0 saturated carbocycles. The van der Waals surface area contributed by atoms with E-state index >= 15 is 0 Å². The minimum atomic E-state index is -4.67. The van der Waals surface area contributed by atoms with Crippen LogP contribution in [0.5, 0.6) is 0 Å². The third kappa shape index (κ3) is 8.73. The van der Waals surface area contributed by atoms with Crippen LogP contribution in [0.1, 0.15) is 11.5 Å². The van der Waals surface area contributed by atoms with Crippen molar-refractivity contribution in [3.63, 3.8) is 0 Å². The minimum Gasteiger partial charge on any atom is -0.343 e. The van der Waals surface area contributed by atoms with Gasteiger partial charge in [-0.05, 0) is 13.0 Å². The molecule has 1 rings (SSSR count). The van der Waals surface area contributed by atoms with Gasteiger partial charge >= 0.3 is 10.4 Å². The van der Waals surface area contributed by atoms with Crippen molar-refractivity contribution in [1.82, 2.24) is 9.97 Å². The van der Waals surface area contributed by atoms with Gasteiger partial charge in [0.1, 0.15) is 5.82 Å². The Bertz CT molecular complexity index is 360. The van der Waals surface area contributed by atoms with Crippen LogP contribution in [0.25, 0.3) is 6.08 Å². The molecule has 0 saturated heterocycles. The molecule has 3 N–H and O–H groups in total. The van der Waals surface area contributed by atoms with Crippen LogP contribution in [0.3, 0.4) is 0 Å². The molecule has 1 aromatic rings. The summed E-state index contributed by atoms with van der Waals surface area (Å²) in [6.07, 6.45) is 3.46. The molecule has 7 heteroatoms. The number of nitrogens with zero attached hydrogens (tertiary/aromatic N) is 1. The first-order valence-corrected chi connectivity index (χ1v) is 4.56. The number of imidazole rings is 1. The van der Waals surface area contributed by atoms with Gasteiger partial charge in [-0.3, -0.25) is 9.11 Å². The molecule has 0 aliphatic heterocycles. The average molecular weight is 206 g/mol. The lowest BCUT2D eigenvalue weighted by Crippen LogP contribution is -1.89. The molecule has 6 nitrogen and oxygen atoms in total. The SMILES string of the molecule is C=Cc1ncc(C)[nH]1.O=S(=O)(O)O. The quantitative estimate of drug-likeness (QED) is 0.587. The molecule has 1 heterocycles. The van der Waals surface area contributed by atoms with Gasteiger partial charge in [-0.15, -0.1) is 0 Å². The molecule has 0 bridgehead atoms. The van der Waals surface area contributed by atoms with Crippen LogP contribution in [-0.2, 0) is 10.4 Å². The first-order chi connectivity index (χ1) is 5.83. The van der Waals surface area contributed by atoms with Crippen molar-refractivity contribution < 1.29 is 17.5 Å². The van der Waals surface area contributed by atoms with Crippen LogP contribution in [0, 0.1) is 6.92 Å². The monoisotopic (exact) mass is 206 g/mol. The van der Waals surface area contributed by atoms with E-state index in [-0.39, 0.29) is 0 Å². The number of hydrogen-bond acceptors (Lipinski definition) is 3. The zero-order chi connectivity index (χ0) is 10.5. The number of nitrogens with one attached hydrogen (secondary N) is 1. The van der Waals surface area contributed by atoms with Gasteiger partial charge in [-0.2, -0.15) is 8.42 Å². The van der Waals surface area contributed by atoms with Crippen LogP contribution < -0.4 is 0 Å². The van der Waals surface area contributed by atoms with Gasteiger partial charge in [-0.1, -0.05) is 6.58 Å². The Morgan fingerprint density at radius 3 is 2.23 bits per heavy atom. The number of aromatic nitrogens is 2. The van der Waals surface area contributed by atoms with Gasteiger partial charge in [0.2, 0.25) is 0 Å². The van der Waals surface area contributed by atoms with Gasteiger partial charge in [0.15, 0.2) is 0 Å². The first-order valence-electron chi connectivity index (χ1n) is 3.17. The van der Waals surface area contributed by atoms with E-state index in [0.717, 1.165) is 11.5 Å². The fourth-order valence-electron chi connectivity index (χ4n) is 0.537. The van der Waals surface area contributed by atoms with Gasteiger partial charge in [0.05, 0.1) is 0 Å². The third-order valence-electron chi connectivity index (χ3n) is 0.916. The van der Waals surface area contributed by atoms with Crippen LogP contribution in [-0.4, -0.2) is 27.5 Å². The molecule has 1 aromatic heterocycles. The molecular formula is C6H10N2O4S. The van der Waals surface area contributed by atoms with E-state index in [9.17, 15) is 0 Å². The summed E-state index contributed by atoms with van der Waals surface area (Å²) in [5.74, 6) is 0.836. The summed E-state index contributed by atoms with van der Waals surface area (Å²) >= 11 is 0. The van der Waals surface area contributed by atoms with E-state index < -0.39 is 10.4 Å². The highest BCUT2D eigenvalue weighted by Crippen LogP contribution is 1.93. The second kappa shape index (κ2) is 4.75. The van der Waals surface area contributed by atoms with Crippen molar-refractivity contribution >= 4 is 16.5 Å². The molecule has 0 amide bonds. The predicted molar refractivity (Wildman–Crippen MR) is 47.6 cm³/mol. The van der Waals surface area contributed by atoms with Gasteiger partial charge in [-0.25, -0.2) is 4.98 Å². The number of rotatable bonds is 1. The van der Waals surface area contributed by atoms with Crippen LogP contribution in [0.15, 0.2) is 12.8 Å². The maximum absolute atomic E-state index is 8.74. The van der Waals surface area contributed by atoms with Crippen molar-refractivity contribution in [2.75, 3.05) is 0 Å². The zero-order valence-electron chi connectivity index (χ0n) is 6.93. The number of aryl methyl sites for hydroxylation is 1. The second-order valence-corrected chi connectivity index (χ2v) is 3.00. The van der Waals surface area contributed by atoms with E-state index in [0.29, 0.717) is 0 Å². The van der Waals surface area contributed by atoms with Gasteiger partial charge < -0.3 is 4.98 Å². The van der Waals surface area contributed by atoms with Crippen molar-refractivity contribution in [1.29, 1.82) is 0 Å². The average Bonchev–Trinajstić information content (AvgIpc) is 2.31. The Morgan fingerprint density at radius 1 is 1.62 bits per heavy atom. The summed E-state index contributed by atoms with van der Waals surface area (Å²) in [5, 5.41) is 0. The fourth-order valence-corrected chi connectivity index (χ4v) is 0.537. The third-order valence-corrected chi connectivity index (χ3v) is 0.916. The zero-order valence-corrected chi connectivity index (χ0v) is 7.74. The maximum Gasteiger partial charge on any atom is 0.394 e. The summed E-state index contributed by atoms with van der Waals surface area (Å²) in [7, 11) is -4.67. The fraction of sp³-hybridized carbons (Fsp3) is 0.167. The molecule has 74 valence electrons. The van der Waals surface area contributed by atoms with Crippen molar-refractivity contribution in [2.45, 2.75) is 6.92 Å². The largest absolute Gasteiger partial charge is 0.394 e. The van der Waals surface area contributed by atoms with Gasteiger partial charge in [0.25, 0.3) is 0 Å².